The molecule has 1 aliphatic heterocycles. The first-order chi connectivity index (χ1) is 9.74. The molecule has 0 amide bonds. The highest BCUT2D eigenvalue weighted by atomic mass is 35.5. The highest BCUT2D eigenvalue weighted by Crippen LogP contribution is 2.32. The summed E-state index contributed by atoms with van der Waals surface area (Å²) in [6, 6.07) is 15.1. The van der Waals surface area contributed by atoms with E-state index in [2.05, 4.69) is 5.32 Å². The van der Waals surface area contributed by atoms with Crippen molar-refractivity contribution in [1.82, 2.24) is 0 Å². The van der Waals surface area contributed by atoms with E-state index in [9.17, 15) is 0 Å². The fraction of sp³-hybridized carbons (Fsp3) is 0. The van der Waals surface area contributed by atoms with Gasteiger partial charge in [-0.2, -0.15) is 0 Å². The van der Waals surface area contributed by atoms with Gasteiger partial charge in [0, 0.05) is 16.9 Å². The molecule has 0 aromatic heterocycles. The highest BCUT2D eigenvalue weighted by Gasteiger charge is 2.17. The van der Waals surface area contributed by atoms with Crippen LogP contribution in [0.1, 0.15) is 0 Å². The molecule has 0 unspecified atom stereocenters. The van der Waals surface area contributed by atoms with E-state index in [1.54, 1.807) is 12.5 Å². The van der Waals surface area contributed by atoms with Crippen LogP contribution in [0.3, 0.4) is 0 Å². The van der Waals surface area contributed by atoms with Gasteiger partial charge < -0.3 is 10.1 Å². The standard InChI is InChI=1S/C15H11ClN2OS/c16-11-4-3-5-12(10-11)17-15(20)18-8-9-19-14-7-2-1-6-13(14)18/h1-10H,(H,17,20). The molecule has 0 fully saturated rings. The summed E-state index contributed by atoms with van der Waals surface area (Å²) in [4.78, 5) is 1.86. The minimum Gasteiger partial charge on any atom is -0.461 e. The number of benzene rings is 2. The van der Waals surface area contributed by atoms with Gasteiger partial charge in [0.1, 0.15) is 6.26 Å². The second-order valence-electron chi connectivity index (χ2n) is 4.18. The maximum Gasteiger partial charge on any atom is 0.182 e. The van der Waals surface area contributed by atoms with E-state index in [-0.39, 0.29) is 0 Å². The lowest BCUT2D eigenvalue weighted by molar-refractivity contribution is 0.474. The molecule has 1 heterocycles. The normalized spacial score (nSPS) is 12.6. The first-order valence-electron chi connectivity index (χ1n) is 6.02. The SMILES string of the molecule is S=C(Nc1cccc(Cl)c1)N1C=COc2ccccc21. The quantitative estimate of drug-likeness (QED) is 0.789. The third-order valence-corrected chi connectivity index (χ3v) is 3.36. The Morgan fingerprint density at radius 2 is 2.00 bits per heavy atom. The summed E-state index contributed by atoms with van der Waals surface area (Å²) in [5, 5.41) is 4.38. The van der Waals surface area contributed by atoms with Gasteiger partial charge in [-0.3, -0.25) is 4.90 Å². The fourth-order valence-corrected chi connectivity index (χ4v) is 2.40. The molecule has 0 atom stereocenters. The summed E-state index contributed by atoms with van der Waals surface area (Å²) in [6.45, 7) is 0. The average molecular weight is 303 g/mol. The van der Waals surface area contributed by atoms with Crippen molar-refractivity contribution in [2.45, 2.75) is 0 Å². The smallest absolute Gasteiger partial charge is 0.182 e. The maximum atomic E-state index is 5.96. The van der Waals surface area contributed by atoms with Gasteiger partial charge in [-0.05, 0) is 42.5 Å². The lowest BCUT2D eigenvalue weighted by Crippen LogP contribution is -2.31. The van der Waals surface area contributed by atoms with Gasteiger partial charge in [-0.15, -0.1) is 0 Å². The molecule has 100 valence electrons. The Bertz CT molecular complexity index is 687. The molecule has 0 bridgehead atoms. The molecule has 0 aliphatic carbocycles. The van der Waals surface area contributed by atoms with Crippen LogP contribution in [0.5, 0.6) is 5.75 Å². The van der Waals surface area contributed by atoms with Crippen LogP contribution in [0, 0.1) is 0 Å². The van der Waals surface area contributed by atoms with Gasteiger partial charge in [0.25, 0.3) is 0 Å². The van der Waals surface area contributed by atoms with E-state index in [4.69, 9.17) is 28.6 Å². The van der Waals surface area contributed by atoms with Gasteiger partial charge in [0.15, 0.2) is 10.9 Å². The van der Waals surface area contributed by atoms with Crippen molar-refractivity contribution < 1.29 is 4.74 Å². The van der Waals surface area contributed by atoms with Crippen LogP contribution in [0.4, 0.5) is 11.4 Å². The number of fused-ring (bicyclic) bond motifs is 1. The van der Waals surface area contributed by atoms with Crippen LogP contribution in [-0.4, -0.2) is 5.11 Å². The second-order valence-corrected chi connectivity index (χ2v) is 5.00. The Balaban J connectivity index is 1.84. The molecule has 0 saturated carbocycles. The number of nitrogens with zero attached hydrogens (tertiary/aromatic N) is 1. The van der Waals surface area contributed by atoms with Crippen LogP contribution < -0.4 is 15.0 Å². The lowest BCUT2D eigenvalue weighted by atomic mass is 10.2. The van der Waals surface area contributed by atoms with Gasteiger partial charge in [-0.25, -0.2) is 0 Å². The molecule has 5 heteroatoms. The largest absolute Gasteiger partial charge is 0.461 e. The third kappa shape index (κ3) is 2.61. The number of hydrogen-bond donors (Lipinski definition) is 1. The molecular formula is C15H11ClN2OS. The van der Waals surface area contributed by atoms with Gasteiger partial charge >= 0.3 is 0 Å². The van der Waals surface area contributed by atoms with E-state index in [1.807, 2.05) is 53.4 Å². The molecule has 1 N–H and O–H groups in total. The number of para-hydroxylation sites is 2. The highest BCUT2D eigenvalue weighted by molar-refractivity contribution is 7.80. The zero-order valence-corrected chi connectivity index (χ0v) is 12.0. The summed E-state index contributed by atoms with van der Waals surface area (Å²) >= 11 is 11.4. The summed E-state index contributed by atoms with van der Waals surface area (Å²) in [6.07, 6.45) is 3.39. The molecular weight excluding hydrogens is 292 g/mol. The predicted octanol–water partition coefficient (Wildman–Crippen LogP) is 4.41. The fourth-order valence-electron chi connectivity index (χ4n) is 1.93. The number of nitrogens with one attached hydrogen (secondary N) is 1. The number of halogens is 1. The van der Waals surface area contributed by atoms with Gasteiger partial charge in [0.2, 0.25) is 0 Å². The monoisotopic (exact) mass is 302 g/mol. The first-order valence-corrected chi connectivity index (χ1v) is 6.81. The zero-order valence-electron chi connectivity index (χ0n) is 10.4. The van der Waals surface area contributed by atoms with E-state index in [0.717, 1.165) is 17.1 Å². The van der Waals surface area contributed by atoms with Crippen LogP contribution in [0.2, 0.25) is 5.02 Å². The maximum absolute atomic E-state index is 5.96. The summed E-state index contributed by atoms with van der Waals surface area (Å²) in [7, 11) is 0. The molecule has 3 nitrogen and oxygen atoms in total. The van der Waals surface area contributed by atoms with Crippen molar-refractivity contribution in [1.29, 1.82) is 0 Å². The molecule has 2 aromatic rings. The van der Waals surface area contributed by atoms with Crippen molar-refractivity contribution >= 4 is 40.3 Å². The lowest BCUT2D eigenvalue weighted by Gasteiger charge is -2.26. The minimum atomic E-state index is 0.555. The topological polar surface area (TPSA) is 24.5 Å². The molecule has 0 radical (unpaired) electrons. The number of rotatable bonds is 1. The van der Waals surface area contributed by atoms with Crippen molar-refractivity contribution in [2.24, 2.45) is 0 Å². The molecule has 20 heavy (non-hydrogen) atoms. The van der Waals surface area contributed by atoms with Crippen LogP contribution in [-0.2, 0) is 0 Å². The van der Waals surface area contributed by atoms with Crippen LogP contribution in [0.25, 0.3) is 0 Å². The Morgan fingerprint density at radius 1 is 1.15 bits per heavy atom. The summed E-state index contributed by atoms with van der Waals surface area (Å²) < 4.78 is 5.44. The number of ether oxygens (including phenoxy) is 1. The van der Waals surface area contributed by atoms with Crippen LogP contribution >= 0.6 is 23.8 Å². The van der Waals surface area contributed by atoms with Crippen molar-refractivity contribution in [3.05, 3.63) is 66.0 Å². The first kappa shape index (κ1) is 13.0. The van der Waals surface area contributed by atoms with Gasteiger partial charge in [-0.1, -0.05) is 29.8 Å². The second kappa shape index (κ2) is 5.53. The van der Waals surface area contributed by atoms with E-state index in [1.165, 1.54) is 0 Å². The van der Waals surface area contributed by atoms with E-state index in [0.29, 0.717) is 10.1 Å². The Morgan fingerprint density at radius 3 is 2.85 bits per heavy atom. The van der Waals surface area contributed by atoms with Crippen molar-refractivity contribution in [2.75, 3.05) is 10.2 Å². The zero-order chi connectivity index (χ0) is 13.9. The molecule has 3 rings (SSSR count). The molecule has 1 aliphatic rings. The number of anilines is 2. The van der Waals surface area contributed by atoms with Crippen LogP contribution in [0.15, 0.2) is 61.0 Å². The average Bonchev–Trinajstić information content (AvgIpc) is 2.46. The van der Waals surface area contributed by atoms with Crippen molar-refractivity contribution in [3.63, 3.8) is 0 Å². The summed E-state index contributed by atoms with van der Waals surface area (Å²) in [5.74, 6) is 0.769. The van der Waals surface area contributed by atoms with Crippen molar-refractivity contribution in [3.8, 4) is 5.75 Å². The summed E-state index contributed by atoms with van der Waals surface area (Å²) in [5.41, 5.74) is 1.74. The molecule has 0 spiro atoms. The molecule has 2 aromatic carbocycles. The molecule has 0 saturated heterocycles. The van der Waals surface area contributed by atoms with E-state index >= 15 is 0 Å². The Hall–Kier alpha value is -2.04. The predicted molar refractivity (Wildman–Crippen MR) is 86.4 cm³/mol. The third-order valence-electron chi connectivity index (χ3n) is 2.82. The minimum absolute atomic E-state index is 0.555. The van der Waals surface area contributed by atoms with Gasteiger partial charge in [0.05, 0.1) is 5.69 Å². The number of hydrogen-bond acceptors (Lipinski definition) is 2. The Labute approximate surface area is 127 Å². The number of thiocarbonyl (C=S) groups is 1. The Kier molecular flexibility index (Phi) is 3.58. The van der Waals surface area contributed by atoms with E-state index < -0.39 is 0 Å².